The van der Waals surface area contributed by atoms with Crippen molar-refractivity contribution < 1.29 is 4.92 Å². The molecule has 0 aromatic heterocycles. The van der Waals surface area contributed by atoms with E-state index in [4.69, 9.17) is 5.73 Å². The molecule has 1 rings (SSSR count). The van der Waals surface area contributed by atoms with Crippen LogP contribution in [0.5, 0.6) is 0 Å². The Bertz CT molecular complexity index is 350. The van der Waals surface area contributed by atoms with Crippen LogP contribution in [0.1, 0.15) is 30.5 Å². The molecular formula is C10H14N2O2. The quantitative estimate of drug-likeness (QED) is 0.593. The van der Waals surface area contributed by atoms with E-state index >= 15 is 0 Å². The van der Waals surface area contributed by atoms with Crippen molar-refractivity contribution in [3.05, 3.63) is 39.4 Å². The van der Waals surface area contributed by atoms with Gasteiger partial charge < -0.3 is 5.73 Å². The fraction of sp³-hybridized carbons (Fsp3) is 0.400. The number of nitro benzene ring substituents is 1. The first-order chi connectivity index (χ1) is 6.57. The van der Waals surface area contributed by atoms with Gasteiger partial charge >= 0.3 is 0 Å². The first-order valence-corrected chi connectivity index (χ1v) is 4.57. The number of nitrogens with zero attached hydrogens (tertiary/aromatic N) is 1. The zero-order valence-electron chi connectivity index (χ0n) is 8.36. The highest BCUT2D eigenvalue weighted by atomic mass is 16.6. The zero-order chi connectivity index (χ0) is 10.7. The van der Waals surface area contributed by atoms with Crippen LogP contribution in [0.25, 0.3) is 0 Å². The Hall–Kier alpha value is -1.42. The number of benzene rings is 1. The molecule has 1 aromatic rings. The fourth-order valence-corrected chi connectivity index (χ4v) is 1.46. The van der Waals surface area contributed by atoms with Gasteiger partial charge in [0, 0.05) is 17.7 Å². The molecule has 0 spiro atoms. The third-order valence-corrected chi connectivity index (χ3v) is 2.38. The second-order valence-corrected chi connectivity index (χ2v) is 3.26. The molecule has 4 nitrogen and oxygen atoms in total. The average Bonchev–Trinajstić information content (AvgIpc) is 2.16. The number of hydrogen-bond donors (Lipinski definition) is 1. The molecule has 76 valence electrons. The SMILES string of the molecule is CC[C@H](N)c1cccc([N+](=O)[O-])c1C. The number of rotatable bonds is 3. The van der Waals surface area contributed by atoms with Gasteiger partial charge in [0.05, 0.1) is 4.92 Å². The average molecular weight is 194 g/mol. The van der Waals surface area contributed by atoms with Crippen molar-refractivity contribution >= 4 is 5.69 Å². The molecule has 0 unspecified atom stereocenters. The molecule has 0 fully saturated rings. The Balaban J connectivity index is 3.20. The van der Waals surface area contributed by atoms with Crippen LogP contribution in [0.15, 0.2) is 18.2 Å². The molecule has 2 N–H and O–H groups in total. The Labute approximate surface area is 82.9 Å². The molecule has 0 aliphatic carbocycles. The van der Waals surface area contributed by atoms with E-state index in [9.17, 15) is 10.1 Å². The van der Waals surface area contributed by atoms with Crippen LogP contribution in [-0.4, -0.2) is 4.92 Å². The third kappa shape index (κ3) is 1.90. The predicted molar refractivity (Wildman–Crippen MR) is 55.1 cm³/mol. The lowest BCUT2D eigenvalue weighted by Gasteiger charge is -2.11. The topological polar surface area (TPSA) is 69.2 Å². The van der Waals surface area contributed by atoms with Crippen molar-refractivity contribution in [1.29, 1.82) is 0 Å². The molecule has 1 aromatic carbocycles. The summed E-state index contributed by atoms with van der Waals surface area (Å²) in [7, 11) is 0. The maximum absolute atomic E-state index is 10.6. The van der Waals surface area contributed by atoms with Crippen molar-refractivity contribution in [3.8, 4) is 0 Å². The van der Waals surface area contributed by atoms with Gasteiger partial charge in [-0.15, -0.1) is 0 Å². The summed E-state index contributed by atoms with van der Waals surface area (Å²) in [5, 5.41) is 10.6. The standard InChI is InChI=1S/C10H14N2O2/c1-3-9(11)8-5-4-6-10(7(8)2)12(13)14/h4-6,9H,3,11H2,1-2H3/t9-/m0/s1. The summed E-state index contributed by atoms with van der Waals surface area (Å²) < 4.78 is 0. The van der Waals surface area contributed by atoms with Crippen LogP contribution in [0, 0.1) is 17.0 Å². The Morgan fingerprint density at radius 3 is 2.71 bits per heavy atom. The summed E-state index contributed by atoms with van der Waals surface area (Å²) >= 11 is 0. The predicted octanol–water partition coefficient (Wildman–Crippen LogP) is 2.31. The second kappa shape index (κ2) is 4.19. The van der Waals surface area contributed by atoms with Crippen molar-refractivity contribution in [2.75, 3.05) is 0 Å². The van der Waals surface area contributed by atoms with Crippen LogP contribution in [0.2, 0.25) is 0 Å². The van der Waals surface area contributed by atoms with Crippen LogP contribution in [0.4, 0.5) is 5.69 Å². The minimum atomic E-state index is -0.374. The van der Waals surface area contributed by atoms with Crippen LogP contribution in [0.3, 0.4) is 0 Å². The summed E-state index contributed by atoms with van der Waals surface area (Å²) in [4.78, 5) is 10.3. The Morgan fingerprint density at radius 2 is 2.21 bits per heavy atom. The lowest BCUT2D eigenvalue weighted by Crippen LogP contribution is -2.11. The van der Waals surface area contributed by atoms with E-state index in [0.29, 0.717) is 5.56 Å². The van der Waals surface area contributed by atoms with Crippen LogP contribution in [-0.2, 0) is 0 Å². The van der Waals surface area contributed by atoms with Gasteiger partial charge in [-0.2, -0.15) is 0 Å². The minimum Gasteiger partial charge on any atom is -0.324 e. The van der Waals surface area contributed by atoms with Gasteiger partial charge in [-0.25, -0.2) is 0 Å². The highest BCUT2D eigenvalue weighted by molar-refractivity contribution is 5.45. The molecule has 1 atom stereocenters. The van der Waals surface area contributed by atoms with Crippen molar-refractivity contribution in [2.45, 2.75) is 26.3 Å². The Morgan fingerprint density at radius 1 is 1.57 bits per heavy atom. The highest BCUT2D eigenvalue weighted by Crippen LogP contribution is 2.25. The van der Waals surface area contributed by atoms with Gasteiger partial charge in [0.2, 0.25) is 0 Å². The normalized spacial score (nSPS) is 12.5. The first kappa shape index (κ1) is 10.7. The monoisotopic (exact) mass is 194 g/mol. The second-order valence-electron chi connectivity index (χ2n) is 3.26. The summed E-state index contributed by atoms with van der Waals surface area (Å²) in [6, 6.07) is 4.91. The van der Waals surface area contributed by atoms with E-state index in [0.717, 1.165) is 12.0 Å². The molecule has 0 heterocycles. The van der Waals surface area contributed by atoms with E-state index < -0.39 is 0 Å². The van der Waals surface area contributed by atoms with E-state index in [2.05, 4.69) is 0 Å². The number of nitro groups is 1. The summed E-state index contributed by atoms with van der Waals surface area (Å²) in [5.41, 5.74) is 7.52. The first-order valence-electron chi connectivity index (χ1n) is 4.57. The molecule has 0 amide bonds. The molecule has 0 bridgehead atoms. The van der Waals surface area contributed by atoms with Gasteiger partial charge in [0.1, 0.15) is 0 Å². The zero-order valence-corrected chi connectivity index (χ0v) is 8.36. The Kier molecular flexibility index (Phi) is 3.19. The minimum absolute atomic E-state index is 0.116. The van der Waals surface area contributed by atoms with E-state index in [1.165, 1.54) is 6.07 Å². The van der Waals surface area contributed by atoms with Gasteiger partial charge in [-0.3, -0.25) is 10.1 Å². The molecule has 0 radical (unpaired) electrons. The summed E-state index contributed by atoms with van der Waals surface area (Å²) in [6.45, 7) is 3.70. The van der Waals surface area contributed by atoms with Crippen molar-refractivity contribution in [1.82, 2.24) is 0 Å². The van der Waals surface area contributed by atoms with Gasteiger partial charge in [-0.05, 0) is 18.9 Å². The van der Waals surface area contributed by atoms with Gasteiger partial charge in [-0.1, -0.05) is 19.1 Å². The third-order valence-electron chi connectivity index (χ3n) is 2.38. The lowest BCUT2D eigenvalue weighted by atomic mass is 9.99. The lowest BCUT2D eigenvalue weighted by molar-refractivity contribution is -0.385. The highest BCUT2D eigenvalue weighted by Gasteiger charge is 2.15. The maximum atomic E-state index is 10.6. The largest absolute Gasteiger partial charge is 0.324 e. The van der Waals surface area contributed by atoms with Crippen LogP contribution >= 0.6 is 0 Å². The molecule has 0 saturated heterocycles. The molecule has 0 aliphatic heterocycles. The van der Waals surface area contributed by atoms with E-state index in [-0.39, 0.29) is 16.7 Å². The van der Waals surface area contributed by atoms with Gasteiger partial charge in [0.25, 0.3) is 5.69 Å². The van der Waals surface area contributed by atoms with E-state index in [1.54, 1.807) is 13.0 Å². The summed E-state index contributed by atoms with van der Waals surface area (Å²) in [6.07, 6.45) is 0.780. The van der Waals surface area contributed by atoms with Crippen molar-refractivity contribution in [3.63, 3.8) is 0 Å². The molecule has 14 heavy (non-hydrogen) atoms. The maximum Gasteiger partial charge on any atom is 0.272 e. The summed E-state index contributed by atoms with van der Waals surface area (Å²) in [5.74, 6) is 0. The fourth-order valence-electron chi connectivity index (χ4n) is 1.46. The smallest absolute Gasteiger partial charge is 0.272 e. The number of hydrogen-bond acceptors (Lipinski definition) is 3. The molecule has 4 heteroatoms. The molecular weight excluding hydrogens is 180 g/mol. The van der Waals surface area contributed by atoms with Crippen molar-refractivity contribution in [2.24, 2.45) is 5.73 Å². The van der Waals surface area contributed by atoms with Crippen LogP contribution < -0.4 is 5.73 Å². The molecule has 0 aliphatic rings. The number of nitrogens with two attached hydrogens (primary N) is 1. The van der Waals surface area contributed by atoms with E-state index in [1.807, 2.05) is 13.0 Å². The van der Waals surface area contributed by atoms with Gasteiger partial charge in [0.15, 0.2) is 0 Å². The molecule has 0 saturated carbocycles.